The summed E-state index contributed by atoms with van der Waals surface area (Å²) in [7, 11) is -1.34. The molecule has 0 fully saturated rings. The third-order valence-corrected chi connectivity index (χ3v) is 9.59. The first kappa shape index (κ1) is 33.4. The molecule has 6 heteroatoms. The average Bonchev–Trinajstić information content (AvgIpc) is 3.38. The molecule has 0 saturated carbocycles. The zero-order valence-electron chi connectivity index (χ0n) is 26.5. The summed E-state index contributed by atoms with van der Waals surface area (Å²) in [5, 5.41) is 2.76. The van der Waals surface area contributed by atoms with Crippen molar-refractivity contribution < 1.29 is 28.9 Å². The van der Waals surface area contributed by atoms with Gasteiger partial charge in [-0.3, -0.25) is 4.39 Å². The first-order valence-electron chi connectivity index (χ1n) is 15.0. The fourth-order valence-electron chi connectivity index (χ4n) is 5.35. The van der Waals surface area contributed by atoms with Crippen molar-refractivity contribution in [2.24, 2.45) is 5.92 Å². The Kier molecular flexibility index (Phi) is 10.7. The molecule has 3 aromatic heterocycles. The molecule has 6 aromatic rings. The molecule has 0 unspecified atom stereocenters. The number of pyridine rings is 2. The van der Waals surface area contributed by atoms with E-state index in [9.17, 15) is 4.39 Å². The standard InChI is InChI=1S/C20H15FNO.C18H24NSi.Ir/c1-12(2)13-9-10-22-17(11-13)14-7-8-16(21)19-15-5-3-4-6-18(15)23-20(14)19;1-14(2)11-16-12-17(15-9-7-6-8-10-15)19-13-18(16)20(3,4)5;/h3-6,8-12H,1-2H3;6-9,12-14H,11H2,1-5H3;/q2*-1;. The van der Waals surface area contributed by atoms with Gasteiger partial charge in [0.25, 0.3) is 0 Å². The number of halogens is 1. The zero-order chi connectivity index (χ0) is 30.7. The molecular weight excluding hydrogens is 740 g/mol. The van der Waals surface area contributed by atoms with Crippen LogP contribution in [0, 0.1) is 23.9 Å². The predicted molar refractivity (Wildman–Crippen MR) is 180 cm³/mol. The van der Waals surface area contributed by atoms with Gasteiger partial charge in [-0.15, -0.1) is 48.0 Å². The van der Waals surface area contributed by atoms with Crippen LogP contribution in [0.15, 0.2) is 89.6 Å². The third kappa shape index (κ3) is 7.43. The van der Waals surface area contributed by atoms with Gasteiger partial charge in [-0.25, -0.2) is 0 Å². The second kappa shape index (κ2) is 14.1. The molecular formula is C38H39FIrN2OSi-2. The molecule has 0 saturated heterocycles. The summed E-state index contributed by atoms with van der Waals surface area (Å²) < 4.78 is 20.2. The van der Waals surface area contributed by atoms with Gasteiger partial charge in [0.05, 0.1) is 13.7 Å². The SMILES string of the molecule is CC(C)Cc1cc(-c2[c-]cccc2)ncc1[Si](C)(C)C.CC(C)c1ccnc(-c2[c-]cc(F)c3c2oc2ccccc23)c1.[Ir]. The smallest absolute Gasteiger partial charge is 0.121 e. The Morgan fingerprint density at radius 1 is 0.886 bits per heavy atom. The second-order valence-electron chi connectivity index (χ2n) is 12.8. The van der Waals surface area contributed by atoms with E-state index in [1.54, 1.807) is 6.20 Å². The number of rotatable bonds is 6. The summed E-state index contributed by atoms with van der Waals surface area (Å²) in [6, 6.07) is 29.5. The molecule has 229 valence electrons. The fraction of sp³-hybridized carbons (Fsp3) is 0.263. The molecule has 44 heavy (non-hydrogen) atoms. The van der Waals surface area contributed by atoms with Crippen molar-refractivity contribution in [1.82, 2.24) is 9.97 Å². The molecule has 0 aliphatic heterocycles. The van der Waals surface area contributed by atoms with Crippen LogP contribution in [0.5, 0.6) is 0 Å². The van der Waals surface area contributed by atoms with Gasteiger partial charge in [-0.2, -0.15) is 0 Å². The van der Waals surface area contributed by atoms with Gasteiger partial charge in [0.2, 0.25) is 0 Å². The minimum atomic E-state index is -1.34. The Morgan fingerprint density at radius 3 is 2.32 bits per heavy atom. The minimum absolute atomic E-state index is 0. The van der Waals surface area contributed by atoms with E-state index in [2.05, 4.69) is 87.8 Å². The summed E-state index contributed by atoms with van der Waals surface area (Å²) in [4.78, 5) is 9.12. The van der Waals surface area contributed by atoms with Crippen LogP contribution >= 0.6 is 0 Å². The largest absolute Gasteiger partial charge is 0.500 e. The van der Waals surface area contributed by atoms with Crippen molar-refractivity contribution in [3.05, 3.63) is 114 Å². The first-order valence-corrected chi connectivity index (χ1v) is 18.5. The van der Waals surface area contributed by atoms with Crippen molar-refractivity contribution in [3.63, 3.8) is 0 Å². The van der Waals surface area contributed by atoms with Gasteiger partial charge in [0.1, 0.15) is 5.58 Å². The molecule has 6 rings (SSSR count). The normalized spacial score (nSPS) is 11.5. The Bertz CT molecular complexity index is 1860. The van der Waals surface area contributed by atoms with E-state index in [0.29, 0.717) is 34.0 Å². The van der Waals surface area contributed by atoms with Crippen LogP contribution in [0.3, 0.4) is 0 Å². The summed E-state index contributed by atoms with van der Waals surface area (Å²) in [5.74, 6) is 0.733. The van der Waals surface area contributed by atoms with E-state index >= 15 is 0 Å². The molecule has 0 atom stereocenters. The van der Waals surface area contributed by atoms with E-state index in [0.717, 1.165) is 28.8 Å². The molecule has 0 bridgehead atoms. The number of fused-ring (bicyclic) bond motifs is 3. The molecule has 1 radical (unpaired) electrons. The van der Waals surface area contributed by atoms with E-state index in [1.807, 2.05) is 54.6 Å². The monoisotopic (exact) mass is 779 g/mol. The number of hydrogen-bond donors (Lipinski definition) is 0. The van der Waals surface area contributed by atoms with Gasteiger partial charge in [0, 0.05) is 43.7 Å². The van der Waals surface area contributed by atoms with Crippen LogP contribution in [0.25, 0.3) is 44.5 Å². The third-order valence-electron chi connectivity index (χ3n) is 7.52. The molecule has 0 N–H and O–H groups in total. The fourth-order valence-corrected chi connectivity index (χ4v) is 6.94. The van der Waals surface area contributed by atoms with Crippen LogP contribution in [-0.4, -0.2) is 18.0 Å². The number of para-hydroxylation sites is 1. The van der Waals surface area contributed by atoms with E-state index in [-0.39, 0.29) is 25.9 Å². The summed E-state index contributed by atoms with van der Waals surface area (Å²) in [6.07, 6.45) is 5.01. The molecule has 3 nitrogen and oxygen atoms in total. The van der Waals surface area contributed by atoms with Gasteiger partial charge in [0.15, 0.2) is 0 Å². The van der Waals surface area contributed by atoms with E-state index < -0.39 is 8.07 Å². The van der Waals surface area contributed by atoms with Crippen molar-refractivity contribution in [3.8, 4) is 22.5 Å². The summed E-state index contributed by atoms with van der Waals surface area (Å²) in [5.41, 5.74) is 7.39. The van der Waals surface area contributed by atoms with Gasteiger partial charge in [-0.1, -0.05) is 94.4 Å². The number of benzene rings is 3. The van der Waals surface area contributed by atoms with Crippen LogP contribution in [0.2, 0.25) is 19.6 Å². The number of nitrogens with zero attached hydrogens (tertiary/aromatic N) is 2. The molecule has 0 amide bonds. The number of aromatic nitrogens is 2. The Balaban J connectivity index is 0.000000199. The first-order chi connectivity index (χ1) is 20.5. The minimum Gasteiger partial charge on any atom is -0.500 e. The van der Waals surface area contributed by atoms with Crippen LogP contribution < -0.4 is 5.19 Å². The van der Waals surface area contributed by atoms with E-state index in [1.165, 1.54) is 22.4 Å². The summed E-state index contributed by atoms with van der Waals surface area (Å²) >= 11 is 0. The van der Waals surface area contributed by atoms with Crippen LogP contribution in [-0.2, 0) is 26.5 Å². The molecule has 0 aliphatic rings. The molecule has 3 aromatic carbocycles. The van der Waals surface area contributed by atoms with Gasteiger partial charge >= 0.3 is 0 Å². The van der Waals surface area contributed by atoms with Gasteiger partial charge < -0.3 is 14.4 Å². The quantitative estimate of drug-likeness (QED) is 0.125. The molecule has 0 aliphatic carbocycles. The topological polar surface area (TPSA) is 38.9 Å². The van der Waals surface area contributed by atoms with Crippen molar-refractivity contribution in [2.45, 2.75) is 59.7 Å². The second-order valence-corrected chi connectivity index (χ2v) is 17.8. The maximum absolute atomic E-state index is 14.3. The van der Waals surface area contributed by atoms with Crippen LogP contribution in [0.1, 0.15) is 44.7 Å². The maximum Gasteiger partial charge on any atom is 0.121 e. The van der Waals surface area contributed by atoms with Crippen molar-refractivity contribution in [2.75, 3.05) is 0 Å². The zero-order valence-corrected chi connectivity index (χ0v) is 29.9. The average molecular weight is 779 g/mol. The summed E-state index contributed by atoms with van der Waals surface area (Å²) in [6.45, 7) is 16.0. The van der Waals surface area contributed by atoms with E-state index in [4.69, 9.17) is 4.42 Å². The maximum atomic E-state index is 14.3. The Morgan fingerprint density at radius 2 is 1.64 bits per heavy atom. The molecule has 3 heterocycles. The van der Waals surface area contributed by atoms with Gasteiger partial charge in [-0.05, 0) is 52.4 Å². The van der Waals surface area contributed by atoms with Crippen LogP contribution in [0.4, 0.5) is 4.39 Å². The van der Waals surface area contributed by atoms with Crippen molar-refractivity contribution in [1.29, 1.82) is 0 Å². The Hall–Kier alpha value is -3.44. The van der Waals surface area contributed by atoms with Crippen molar-refractivity contribution >= 4 is 35.2 Å². The predicted octanol–water partition coefficient (Wildman–Crippen LogP) is 10.0. The Labute approximate surface area is 275 Å². The number of furan rings is 1. The number of hydrogen-bond acceptors (Lipinski definition) is 3. The molecule has 0 spiro atoms.